The first-order valence-corrected chi connectivity index (χ1v) is 12.4. The Bertz CT molecular complexity index is 1140. The van der Waals surface area contributed by atoms with E-state index >= 15 is 0 Å². The van der Waals surface area contributed by atoms with E-state index in [1.807, 2.05) is 32.0 Å². The molecule has 2 heterocycles. The maximum absolute atomic E-state index is 13.7. The molecule has 3 amide bonds. The molecular formula is C26H29N3O4S. The Morgan fingerprint density at radius 3 is 2.59 bits per heavy atom. The first-order valence-electron chi connectivity index (χ1n) is 11.5. The SMILES string of the molecule is Cc1ccc(C)c(N(C(=O)CNC(=O)c2cccs2)C(C(=O)NC2CCCC2)c2ccco2)c1. The smallest absolute Gasteiger partial charge is 0.261 e. The van der Waals surface area contributed by atoms with Crippen molar-refractivity contribution in [2.24, 2.45) is 0 Å². The summed E-state index contributed by atoms with van der Waals surface area (Å²) in [6.07, 6.45) is 5.49. The number of hydrogen-bond donors (Lipinski definition) is 2. The summed E-state index contributed by atoms with van der Waals surface area (Å²) in [4.78, 5) is 41.7. The van der Waals surface area contributed by atoms with Gasteiger partial charge in [0.15, 0.2) is 6.04 Å². The molecule has 0 spiro atoms. The number of anilines is 1. The normalized spacial score (nSPS) is 14.5. The molecule has 1 aromatic carbocycles. The molecule has 1 aliphatic carbocycles. The van der Waals surface area contributed by atoms with Crippen molar-refractivity contribution in [1.82, 2.24) is 10.6 Å². The summed E-state index contributed by atoms with van der Waals surface area (Å²) in [5, 5.41) is 7.62. The maximum Gasteiger partial charge on any atom is 0.261 e. The highest BCUT2D eigenvalue weighted by Gasteiger charge is 2.36. The van der Waals surface area contributed by atoms with Crippen LogP contribution in [0.4, 0.5) is 5.69 Å². The molecule has 0 aliphatic heterocycles. The van der Waals surface area contributed by atoms with E-state index in [1.54, 1.807) is 29.6 Å². The van der Waals surface area contributed by atoms with E-state index in [9.17, 15) is 14.4 Å². The van der Waals surface area contributed by atoms with E-state index < -0.39 is 11.9 Å². The number of benzene rings is 1. The first-order chi connectivity index (χ1) is 16.4. The second-order valence-electron chi connectivity index (χ2n) is 8.62. The van der Waals surface area contributed by atoms with E-state index in [1.165, 1.54) is 22.5 Å². The van der Waals surface area contributed by atoms with Crippen molar-refractivity contribution >= 4 is 34.7 Å². The molecule has 1 atom stereocenters. The fourth-order valence-electron chi connectivity index (χ4n) is 4.30. The van der Waals surface area contributed by atoms with Gasteiger partial charge in [0.1, 0.15) is 5.76 Å². The summed E-state index contributed by atoms with van der Waals surface area (Å²) in [5.74, 6) is -0.647. The zero-order valence-corrected chi connectivity index (χ0v) is 20.2. The number of amides is 3. The minimum absolute atomic E-state index is 0.0825. The zero-order chi connectivity index (χ0) is 24.1. The Hall–Kier alpha value is -3.39. The molecule has 2 N–H and O–H groups in total. The van der Waals surface area contributed by atoms with Gasteiger partial charge in [-0.25, -0.2) is 0 Å². The number of carbonyl (C=O) groups excluding carboxylic acids is 3. The van der Waals surface area contributed by atoms with Gasteiger partial charge < -0.3 is 15.1 Å². The third-order valence-electron chi connectivity index (χ3n) is 6.06. The second-order valence-corrected chi connectivity index (χ2v) is 9.57. The van der Waals surface area contributed by atoms with Gasteiger partial charge in [-0.1, -0.05) is 31.0 Å². The number of nitrogens with zero attached hydrogens (tertiary/aromatic N) is 1. The fourth-order valence-corrected chi connectivity index (χ4v) is 4.94. The van der Waals surface area contributed by atoms with Crippen molar-refractivity contribution in [3.8, 4) is 0 Å². The number of furan rings is 1. The lowest BCUT2D eigenvalue weighted by atomic mass is 10.0. The zero-order valence-electron chi connectivity index (χ0n) is 19.4. The van der Waals surface area contributed by atoms with Crippen LogP contribution in [0, 0.1) is 13.8 Å². The van der Waals surface area contributed by atoms with Crippen LogP contribution >= 0.6 is 11.3 Å². The molecule has 1 saturated carbocycles. The number of rotatable bonds is 8. The van der Waals surface area contributed by atoms with E-state index in [4.69, 9.17) is 4.42 Å². The Morgan fingerprint density at radius 1 is 1.12 bits per heavy atom. The van der Waals surface area contributed by atoms with Gasteiger partial charge in [-0.3, -0.25) is 19.3 Å². The van der Waals surface area contributed by atoms with Gasteiger partial charge >= 0.3 is 0 Å². The largest absolute Gasteiger partial charge is 0.467 e. The number of nitrogens with one attached hydrogen (secondary N) is 2. The molecule has 4 rings (SSSR count). The van der Waals surface area contributed by atoms with Crippen LogP contribution in [0.15, 0.2) is 58.5 Å². The van der Waals surface area contributed by atoms with Crippen molar-refractivity contribution in [1.29, 1.82) is 0 Å². The number of hydrogen-bond acceptors (Lipinski definition) is 5. The lowest BCUT2D eigenvalue weighted by molar-refractivity contribution is -0.127. The van der Waals surface area contributed by atoms with Crippen molar-refractivity contribution in [3.05, 3.63) is 75.9 Å². The Kier molecular flexibility index (Phi) is 7.47. The van der Waals surface area contributed by atoms with Crippen LogP contribution in [0.5, 0.6) is 0 Å². The highest BCUT2D eigenvalue weighted by atomic mass is 32.1. The third-order valence-corrected chi connectivity index (χ3v) is 6.93. The summed E-state index contributed by atoms with van der Waals surface area (Å²) in [5.41, 5.74) is 2.41. The summed E-state index contributed by atoms with van der Waals surface area (Å²) < 4.78 is 5.65. The summed E-state index contributed by atoms with van der Waals surface area (Å²) >= 11 is 1.30. The highest BCUT2D eigenvalue weighted by molar-refractivity contribution is 7.12. The van der Waals surface area contributed by atoms with Gasteiger partial charge in [0.2, 0.25) is 5.91 Å². The number of thiophene rings is 1. The Balaban J connectivity index is 1.68. The molecule has 1 unspecified atom stereocenters. The Morgan fingerprint density at radius 2 is 1.91 bits per heavy atom. The van der Waals surface area contributed by atoms with Gasteiger partial charge in [-0.05, 0) is 67.5 Å². The maximum atomic E-state index is 13.7. The topological polar surface area (TPSA) is 91.7 Å². The molecule has 3 aromatic rings. The molecule has 1 fully saturated rings. The van der Waals surface area contributed by atoms with E-state index in [0.29, 0.717) is 16.3 Å². The fraction of sp³-hybridized carbons (Fsp3) is 0.346. The molecule has 178 valence electrons. The van der Waals surface area contributed by atoms with Crippen LogP contribution in [0.25, 0.3) is 0 Å². The first kappa shape index (κ1) is 23.8. The van der Waals surface area contributed by atoms with E-state index in [2.05, 4.69) is 10.6 Å². The van der Waals surface area contributed by atoms with Crippen molar-refractivity contribution < 1.29 is 18.8 Å². The molecule has 8 heteroatoms. The van der Waals surface area contributed by atoms with Crippen LogP contribution in [0.3, 0.4) is 0 Å². The molecule has 1 aliphatic rings. The quantitative estimate of drug-likeness (QED) is 0.497. The number of aryl methyl sites for hydroxylation is 2. The minimum atomic E-state index is -0.998. The molecule has 34 heavy (non-hydrogen) atoms. The van der Waals surface area contributed by atoms with E-state index in [0.717, 1.165) is 36.8 Å². The standard InChI is InChI=1S/C26H29N3O4S/c1-17-11-12-18(2)20(15-17)29(23(30)16-27-25(31)22-10-6-14-34-22)24(21-9-5-13-33-21)26(32)28-19-7-3-4-8-19/h5-6,9-15,19,24H,3-4,7-8,16H2,1-2H3,(H,27,31)(H,28,32). The van der Waals surface area contributed by atoms with Crippen LogP contribution in [-0.2, 0) is 9.59 Å². The van der Waals surface area contributed by atoms with Gasteiger partial charge in [-0.15, -0.1) is 11.3 Å². The monoisotopic (exact) mass is 479 g/mol. The molecule has 0 saturated heterocycles. The molecule has 7 nitrogen and oxygen atoms in total. The Labute approximate surface area is 203 Å². The summed E-state index contributed by atoms with van der Waals surface area (Å²) in [7, 11) is 0. The number of carbonyl (C=O) groups is 3. The highest BCUT2D eigenvalue weighted by Crippen LogP contribution is 2.32. The average molecular weight is 480 g/mol. The lowest BCUT2D eigenvalue weighted by Gasteiger charge is -2.32. The van der Waals surface area contributed by atoms with Crippen LogP contribution < -0.4 is 15.5 Å². The minimum Gasteiger partial charge on any atom is -0.467 e. The van der Waals surface area contributed by atoms with Crippen molar-refractivity contribution in [2.75, 3.05) is 11.4 Å². The molecule has 2 aromatic heterocycles. The van der Waals surface area contributed by atoms with E-state index in [-0.39, 0.29) is 24.4 Å². The molecular weight excluding hydrogens is 450 g/mol. The predicted molar refractivity (Wildman–Crippen MR) is 132 cm³/mol. The van der Waals surface area contributed by atoms with Crippen molar-refractivity contribution in [2.45, 2.75) is 51.6 Å². The summed E-state index contributed by atoms with van der Waals surface area (Å²) in [6.45, 7) is 3.58. The van der Waals surface area contributed by atoms with Gasteiger partial charge in [-0.2, -0.15) is 0 Å². The lowest BCUT2D eigenvalue weighted by Crippen LogP contribution is -2.49. The van der Waals surface area contributed by atoms with Crippen LogP contribution in [0.1, 0.15) is 58.3 Å². The van der Waals surface area contributed by atoms with Gasteiger partial charge in [0, 0.05) is 11.7 Å². The summed E-state index contributed by atoms with van der Waals surface area (Å²) in [6, 6.07) is 11.7. The van der Waals surface area contributed by atoms with Crippen LogP contribution in [-0.4, -0.2) is 30.3 Å². The predicted octanol–water partition coefficient (Wildman–Crippen LogP) is 4.52. The van der Waals surface area contributed by atoms with Crippen LogP contribution in [0.2, 0.25) is 0 Å². The second kappa shape index (κ2) is 10.7. The third kappa shape index (κ3) is 5.39. The van der Waals surface area contributed by atoms with Gasteiger partial charge in [0.25, 0.3) is 11.8 Å². The average Bonchev–Trinajstić information content (AvgIpc) is 3.61. The molecule has 0 bridgehead atoms. The van der Waals surface area contributed by atoms with Crippen molar-refractivity contribution in [3.63, 3.8) is 0 Å². The molecule has 0 radical (unpaired) electrons. The van der Waals surface area contributed by atoms with Gasteiger partial charge in [0.05, 0.1) is 17.7 Å².